The number of thiophene rings is 1. The van der Waals surface area contributed by atoms with Gasteiger partial charge in [0.25, 0.3) is 0 Å². The van der Waals surface area contributed by atoms with E-state index in [0.717, 1.165) is 15.2 Å². The van der Waals surface area contributed by atoms with E-state index in [-0.39, 0.29) is 28.8 Å². The van der Waals surface area contributed by atoms with E-state index in [1.165, 1.54) is 29.4 Å². The first kappa shape index (κ1) is 18.7. The Morgan fingerprint density at radius 3 is 2.53 bits per heavy atom. The molecule has 8 heteroatoms. The van der Waals surface area contributed by atoms with Crippen molar-refractivity contribution in [2.45, 2.75) is 5.03 Å². The van der Waals surface area contributed by atoms with Crippen molar-refractivity contribution in [1.29, 1.82) is 0 Å². The van der Waals surface area contributed by atoms with Crippen LogP contribution in [0.25, 0.3) is 10.2 Å². The third-order valence-electron chi connectivity index (χ3n) is 4.79. The van der Waals surface area contributed by atoms with Gasteiger partial charge >= 0.3 is 0 Å². The molecule has 1 aliphatic carbocycles. The smallest absolute Gasteiger partial charge is 0.234 e. The van der Waals surface area contributed by atoms with Crippen LogP contribution in [0.5, 0.6) is 0 Å². The maximum Gasteiger partial charge on any atom is 0.234 e. The maximum absolute atomic E-state index is 13.0. The van der Waals surface area contributed by atoms with E-state index in [0.29, 0.717) is 22.4 Å². The number of hydrogen-bond donors (Lipinski definition) is 1. The lowest BCUT2D eigenvalue weighted by molar-refractivity contribution is -0.113. The first-order valence-corrected chi connectivity index (χ1v) is 10.9. The Hall–Kier alpha value is -3.36. The van der Waals surface area contributed by atoms with Crippen LogP contribution in [0.4, 0.5) is 5.69 Å². The highest BCUT2D eigenvalue weighted by Gasteiger charge is 2.31. The maximum atomic E-state index is 13.0. The van der Waals surface area contributed by atoms with Crippen LogP contribution in [0.15, 0.2) is 65.3 Å². The minimum absolute atomic E-state index is 0.115. The summed E-state index contributed by atoms with van der Waals surface area (Å²) in [5.74, 6) is -0.648. The summed E-state index contributed by atoms with van der Waals surface area (Å²) in [4.78, 5) is 47.8. The largest absolute Gasteiger partial charge is 0.325 e. The number of thioether (sulfide) groups is 1. The Morgan fingerprint density at radius 2 is 1.70 bits per heavy atom. The number of aromatic nitrogens is 2. The average Bonchev–Trinajstić information content (AvgIpc) is 3.25. The van der Waals surface area contributed by atoms with Gasteiger partial charge < -0.3 is 5.32 Å². The summed E-state index contributed by atoms with van der Waals surface area (Å²) in [7, 11) is 0. The van der Waals surface area contributed by atoms with E-state index in [2.05, 4.69) is 15.3 Å². The number of ketones is 2. The fraction of sp³-hybridized carbons (Fsp3) is 0.0455. The third-order valence-corrected chi connectivity index (χ3v) is 6.62. The van der Waals surface area contributed by atoms with Gasteiger partial charge in [-0.3, -0.25) is 14.4 Å². The van der Waals surface area contributed by atoms with Crippen molar-refractivity contribution in [2.75, 3.05) is 11.1 Å². The number of fused-ring (bicyclic) bond motifs is 3. The van der Waals surface area contributed by atoms with Gasteiger partial charge in [0.05, 0.1) is 17.0 Å². The van der Waals surface area contributed by atoms with Crippen LogP contribution in [-0.4, -0.2) is 33.2 Å². The predicted octanol–water partition coefficient (Wildman–Crippen LogP) is 4.20. The molecule has 0 saturated carbocycles. The van der Waals surface area contributed by atoms with Crippen molar-refractivity contribution in [3.8, 4) is 0 Å². The molecule has 6 nitrogen and oxygen atoms in total. The van der Waals surface area contributed by atoms with Gasteiger partial charge in [-0.05, 0) is 17.5 Å². The van der Waals surface area contributed by atoms with E-state index < -0.39 is 0 Å². The Bertz CT molecular complexity index is 1350. The number of hydrogen-bond acceptors (Lipinski definition) is 7. The monoisotopic (exact) mass is 431 g/mol. The molecule has 5 rings (SSSR count). The molecule has 0 unspecified atom stereocenters. The second-order valence-electron chi connectivity index (χ2n) is 6.59. The Kier molecular flexibility index (Phi) is 4.65. The average molecular weight is 431 g/mol. The number of anilines is 1. The van der Waals surface area contributed by atoms with E-state index in [1.54, 1.807) is 42.5 Å². The van der Waals surface area contributed by atoms with Crippen molar-refractivity contribution in [1.82, 2.24) is 9.97 Å². The van der Waals surface area contributed by atoms with Gasteiger partial charge in [0.2, 0.25) is 5.91 Å². The summed E-state index contributed by atoms with van der Waals surface area (Å²) in [6, 6.07) is 13.6. The molecular weight excluding hydrogens is 418 g/mol. The van der Waals surface area contributed by atoms with Crippen LogP contribution in [0.2, 0.25) is 0 Å². The molecule has 2 aromatic carbocycles. The Morgan fingerprint density at radius 1 is 0.933 bits per heavy atom. The first-order chi connectivity index (χ1) is 14.6. The molecule has 1 amide bonds. The van der Waals surface area contributed by atoms with Gasteiger partial charge in [0.15, 0.2) is 11.6 Å². The highest BCUT2D eigenvalue weighted by Crippen LogP contribution is 2.32. The fourth-order valence-electron chi connectivity index (χ4n) is 3.45. The van der Waals surface area contributed by atoms with Crippen LogP contribution in [0.1, 0.15) is 31.8 Å². The lowest BCUT2D eigenvalue weighted by Crippen LogP contribution is -2.24. The number of amides is 1. The molecular formula is C22H13N3O3S2. The summed E-state index contributed by atoms with van der Waals surface area (Å²) in [6.45, 7) is 0. The highest BCUT2D eigenvalue weighted by atomic mass is 32.2. The topological polar surface area (TPSA) is 89.0 Å². The number of carbonyl (C=O) groups is 3. The number of rotatable bonds is 4. The summed E-state index contributed by atoms with van der Waals surface area (Å²) in [6.07, 6.45) is 1.48. The molecule has 0 aliphatic heterocycles. The molecule has 30 heavy (non-hydrogen) atoms. The quantitative estimate of drug-likeness (QED) is 0.339. The van der Waals surface area contributed by atoms with Crippen molar-refractivity contribution in [2.24, 2.45) is 0 Å². The number of nitrogens with one attached hydrogen (secondary N) is 1. The SMILES string of the molecule is O=C(CSc1ncnc2sccc12)Nc1cccc2c1C(=O)c1ccccc1C2=O. The van der Waals surface area contributed by atoms with E-state index in [4.69, 9.17) is 0 Å². The van der Waals surface area contributed by atoms with Gasteiger partial charge in [0, 0.05) is 22.1 Å². The van der Waals surface area contributed by atoms with E-state index in [9.17, 15) is 14.4 Å². The fourth-order valence-corrected chi connectivity index (χ4v) is 5.03. The Labute approximate surface area is 179 Å². The second kappa shape index (κ2) is 7.47. The van der Waals surface area contributed by atoms with Gasteiger partial charge in [0.1, 0.15) is 16.2 Å². The van der Waals surface area contributed by atoms with Crippen molar-refractivity contribution < 1.29 is 14.4 Å². The number of carbonyl (C=O) groups excluding carboxylic acids is 3. The van der Waals surface area contributed by atoms with Gasteiger partial charge in [-0.1, -0.05) is 48.2 Å². The van der Waals surface area contributed by atoms with Crippen LogP contribution < -0.4 is 5.32 Å². The molecule has 1 aliphatic rings. The minimum Gasteiger partial charge on any atom is -0.325 e. The predicted molar refractivity (Wildman–Crippen MR) is 117 cm³/mol. The molecule has 2 aromatic heterocycles. The molecule has 146 valence electrons. The molecule has 0 fully saturated rings. The summed E-state index contributed by atoms with van der Waals surface area (Å²) in [5.41, 5.74) is 1.63. The van der Waals surface area contributed by atoms with E-state index in [1.807, 2.05) is 11.4 Å². The molecule has 1 N–H and O–H groups in total. The molecule has 4 aromatic rings. The van der Waals surface area contributed by atoms with Crippen molar-refractivity contribution in [3.63, 3.8) is 0 Å². The molecule has 0 saturated heterocycles. The summed E-state index contributed by atoms with van der Waals surface area (Å²) < 4.78 is 0. The zero-order valence-corrected chi connectivity index (χ0v) is 17.0. The van der Waals surface area contributed by atoms with Gasteiger partial charge in [-0.2, -0.15) is 0 Å². The minimum atomic E-state index is -0.283. The van der Waals surface area contributed by atoms with Crippen molar-refractivity contribution >= 4 is 56.5 Å². The van der Waals surface area contributed by atoms with E-state index >= 15 is 0 Å². The van der Waals surface area contributed by atoms with Gasteiger partial charge in [-0.15, -0.1) is 11.3 Å². The number of benzene rings is 2. The Balaban J connectivity index is 1.40. The molecule has 0 bridgehead atoms. The highest BCUT2D eigenvalue weighted by molar-refractivity contribution is 8.00. The molecule has 0 radical (unpaired) electrons. The first-order valence-electron chi connectivity index (χ1n) is 9.06. The van der Waals surface area contributed by atoms with Crippen LogP contribution in [-0.2, 0) is 4.79 Å². The lowest BCUT2D eigenvalue weighted by atomic mass is 9.83. The van der Waals surface area contributed by atoms with Crippen LogP contribution in [0, 0.1) is 0 Å². The third kappa shape index (κ3) is 3.10. The van der Waals surface area contributed by atoms with Crippen LogP contribution >= 0.6 is 23.1 Å². The normalized spacial score (nSPS) is 12.5. The molecule has 0 spiro atoms. The van der Waals surface area contributed by atoms with Crippen LogP contribution in [0.3, 0.4) is 0 Å². The zero-order chi connectivity index (χ0) is 20.7. The molecule has 2 heterocycles. The second-order valence-corrected chi connectivity index (χ2v) is 8.45. The summed E-state index contributed by atoms with van der Waals surface area (Å²) >= 11 is 2.82. The molecule has 0 atom stereocenters. The van der Waals surface area contributed by atoms with Gasteiger partial charge in [-0.25, -0.2) is 9.97 Å². The lowest BCUT2D eigenvalue weighted by Gasteiger charge is -2.20. The standard InChI is InChI=1S/C22H13N3O3S2/c26-17(10-30-22-15-8-9-29-21(15)23-11-24-22)25-16-7-3-6-14-18(16)20(28)13-5-2-1-4-12(13)19(14)27/h1-9,11H,10H2,(H,25,26). The summed E-state index contributed by atoms with van der Waals surface area (Å²) in [5, 5.41) is 6.36. The number of nitrogens with zero attached hydrogens (tertiary/aromatic N) is 2. The van der Waals surface area contributed by atoms with Crippen molar-refractivity contribution in [3.05, 3.63) is 82.5 Å². The zero-order valence-electron chi connectivity index (χ0n) is 15.4.